The first-order chi connectivity index (χ1) is 8.40. The number of carbonyl (C=O) groups excluding carboxylic acids is 1. The molecule has 1 amide bonds. The van der Waals surface area contributed by atoms with Crippen LogP contribution in [0.25, 0.3) is 0 Å². The third-order valence-corrected chi connectivity index (χ3v) is 2.74. The van der Waals surface area contributed by atoms with Gasteiger partial charge in [0.05, 0.1) is 17.8 Å². The number of benzene rings is 1. The Balaban J connectivity index is 2.39. The molecule has 0 saturated heterocycles. The first kappa shape index (κ1) is 12.7. The molecule has 0 bridgehead atoms. The number of nitrogens with zero attached hydrogens (tertiary/aromatic N) is 1. The summed E-state index contributed by atoms with van der Waals surface area (Å²) in [6, 6.07) is 5.56. The van der Waals surface area contributed by atoms with Crippen molar-refractivity contribution in [1.82, 2.24) is 0 Å². The number of rotatable bonds is 3. The monoisotopic (exact) mass is 250 g/mol. The van der Waals surface area contributed by atoms with Crippen LogP contribution in [-0.2, 0) is 4.79 Å². The molecule has 0 aliphatic carbocycles. The van der Waals surface area contributed by atoms with Crippen molar-refractivity contribution in [2.75, 3.05) is 30.4 Å². The van der Waals surface area contributed by atoms with E-state index in [-0.39, 0.29) is 19.1 Å². The zero-order valence-corrected chi connectivity index (χ0v) is 10.9. The van der Waals surface area contributed by atoms with Crippen molar-refractivity contribution >= 4 is 17.3 Å². The molecule has 1 aliphatic rings. The van der Waals surface area contributed by atoms with E-state index in [2.05, 4.69) is 5.32 Å². The van der Waals surface area contributed by atoms with Gasteiger partial charge < -0.3 is 20.1 Å². The number of β-amino-alcohol motifs (C(OH)–C–C–N with tert-alkyl or cyclic N) is 1. The molecule has 0 fully saturated rings. The molecule has 2 N–H and O–H groups in total. The van der Waals surface area contributed by atoms with Crippen LogP contribution >= 0.6 is 0 Å². The van der Waals surface area contributed by atoms with Crippen molar-refractivity contribution in [3.63, 3.8) is 0 Å². The zero-order chi connectivity index (χ0) is 13.3. The van der Waals surface area contributed by atoms with E-state index in [0.717, 1.165) is 5.69 Å². The molecule has 0 saturated carbocycles. The van der Waals surface area contributed by atoms with Gasteiger partial charge >= 0.3 is 0 Å². The van der Waals surface area contributed by atoms with Crippen LogP contribution in [0.3, 0.4) is 0 Å². The number of fused-ring (bicyclic) bond motifs is 1. The maximum atomic E-state index is 11.9. The highest BCUT2D eigenvalue weighted by Gasteiger charge is 2.30. The molecule has 0 radical (unpaired) electrons. The standard InChI is InChI=1S/C13H18N2O3/c1-13(2,17)8-15-10-6-9(14-3)4-5-11(10)18-7-12(15)16/h4-6,14,17H,7-8H2,1-3H3. The van der Waals surface area contributed by atoms with Crippen LogP contribution in [0.2, 0.25) is 0 Å². The van der Waals surface area contributed by atoms with Gasteiger partial charge in [-0.25, -0.2) is 0 Å². The Morgan fingerprint density at radius 3 is 2.83 bits per heavy atom. The molecule has 0 atom stereocenters. The normalized spacial score (nSPS) is 15.1. The SMILES string of the molecule is CNc1ccc2c(c1)N(CC(C)(C)O)C(=O)CO2. The molecule has 5 nitrogen and oxygen atoms in total. The van der Waals surface area contributed by atoms with Gasteiger partial charge in [-0.1, -0.05) is 0 Å². The van der Waals surface area contributed by atoms with Crippen molar-refractivity contribution in [2.24, 2.45) is 0 Å². The summed E-state index contributed by atoms with van der Waals surface area (Å²) in [5, 5.41) is 12.9. The molecule has 1 aromatic rings. The van der Waals surface area contributed by atoms with Gasteiger partial charge in [-0.15, -0.1) is 0 Å². The Morgan fingerprint density at radius 1 is 1.50 bits per heavy atom. The van der Waals surface area contributed by atoms with Gasteiger partial charge in [0.2, 0.25) is 0 Å². The molecule has 0 unspecified atom stereocenters. The molecule has 2 rings (SSSR count). The molecule has 1 heterocycles. The number of ether oxygens (including phenoxy) is 1. The summed E-state index contributed by atoms with van der Waals surface area (Å²) < 4.78 is 5.38. The van der Waals surface area contributed by atoms with Crippen LogP contribution in [0.5, 0.6) is 5.75 Å². The maximum absolute atomic E-state index is 11.9. The summed E-state index contributed by atoms with van der Waals surface area (Å²) in [6.45, 7) is 3.62. The lowest BCUT2D eigenvalue weighted by molar-refractivity contribution is -0.122. The number of carbonyl (C=O) groups is 1. The van der Waals surface area contributed by atoms with E-state index in [1.807, 2.05) is 25.2 Å². The predicted octanol–water partition coefficient (Wildman–Crippen LogP) is 1.22. The number of anilines is 2. The highest BCUT2D eigenvalue weighted by atomic mass is 16.5. The van der Waals surface area contributed by atoms with Gasteiger partial charge in [0, 0.05) is 12.7 Å². The average Bonchev–Trinajstić information content (AvgIpc) is 2.31. The second-order valence-electron chi connectivity index (χ2n) is 5.01. The number of hydrogen-bond donors (Lipinski definition) is 2. The van der Waals surface area contributed by atoms with Crippen LogP contribution < -0.4 is 15.0 Å². The summed E-state index contributed by atoms with van der Waals surface area (Å²) in [6.07, 6.45) is 0. The lowest BCUT2D eigenvalue weighted by atomic mass is 10.1. The minimum atomic E-state index is -0.945. The Kier molecular flexibility index (Phi) is 3.17. The van der Waals surface area contributed by atoms with Gasteiger partial charge in [-0.3, -0.25) is 4.79 Å². The first-order valence-corrected chi connectivity index (χ1v) is 5.88. The van der Waals surface area contributed by atoms with Crippen LogP contribution in [0, 0.1) is 0 Å². The van der Waals surface area contributed by atoms with Crippen LogP contribution in [0.1, 0.15) is 13.8 Å². The minimum absolute atomic E-state index is 0.0159. The van der Waals surface area contributed by atoms with Crippen molar-refractivity contribution in [1.29, 1.82) is 0 Å². The highest BCUT2D eigenvalue weighted by Crippen LogP contribution is 2.35. The van der Waals surface area contributed by atoms with Crippen molar-refractivity contribution < 1.29 is 14.6 Å². The Labute approximate surface area is 106 Å². The van der Waals surface area contributed by atoms with E-state index >= 15 is 0 Å². The smallest absolute Gasteiger partial charge is 0.265 e. The van der Waals surface area contributed by atoms with Gasteiger partial charge in [-0.05, 0) is 32.0 Å². The maximum Gasteiger partial charge on any atom is 0.265 e. The average molecular weight is 250 g/mol. The summed E-state index contributed by atoms with van der Waals surface area (Å²) in [7, 11) is 1.81. The molecule has 18 heavy (non-hydrogen) atoms. The van der Waals surface area contributed by atoms with Gasteiger partial charge in [-0.2, -0.15) is 0 Å². The predicted molar refractivity (Wildman–Crippen MR) is 70.1 cm³/mol. The van der Waals surface area contributed by atoms with Gasteiger partial charge in [0.15, 0.2) is 6.61 Å². The van der Waals surface area contributed by atoms with Crippen molar-refractivity contribution in [2.45, 2.75) is 19.4 Å². The lowest BCUT2D eigenvalue weighted by Crippen LogP contribution is -2.46. The van der Waals surface area contributed by atoms with Crippen LogP contribution in [0.15, 0.2) is 18.2 Å². The van der Waals surface area contributed by atoms with Crippen LogP contribution in [0.4, 0.5) is 11.4 Å². The fourth-order valence-electron chi connectivity index (χ4n) is 1.92. The fraction of sp³-hybridized carbons (Fsp3) is 0.462. The second-order valence-corrected chi connectivity index (χ2v) is 5.01. The first-order valence-electron chi connectivity index (χ1n) is 5.88. The third kappa shape index (κ3) is 2.56. The van der Waals surface area contributed by atoms with E-state index in [4.69, 9.17) is 4.74 Å². The number of hydrogen-bond acceptors (Lipinski definition) is 4. The summed E-state index contributed by atoms with van der Waals surface area (Å²) in [5.41, 5.74) is 0.646. The lowest BCUT2D eigenvalue weighted by Gasteiger charge is -2.33. The molecule has 0 spiro atoms. The minimum Gasteiger partial charge on any atom is -0.482 e. The van der Waals surface area contributed by atoms with Gasteiger partial charge in [0.25, 0.3) is 5.91 Å². The topological polar surface area (TPSA) is 61.8 Å². The Bertz CT molecular complexity index is 466. The van der Waals surface area contributed by atoms with E-state index in [1.54, 1.807) is 18.7 Å². The fourth-order valence-corrected chi connectivity index (χ4v) is 1.92. The number of aliphatic hydroxyl groups is 1. The second kappa shape index (κ2) is 4.49. The molecule has 98 valence electrons. The van der Waals surface area contributed by atoms with Crippen LogP contribution in [-0.4, -0.2) is 36.8 Å². The zero-order valence-electron chi connectivity index (χ0n) is 10.9. The van der Waals surface area contributed by atoms with E-state index in [1.165, 1.54) is 0 Å². The molecule has 0 aromatic heterocycles. The van der Waals surface area contributed by atoms with E-state index < -0.39 is 5.60 Å². The third-order valence-electron chi connectivity index (χ3n) is 2.74. The summed E-state index contributed by atoms with van der Waals surface area (Å²) in [4.78, 5) is 13.5. The molecular weight excluding hydrogens is 232 g/mol. The van der Waals surface area contributed by atoms with E-state index in [0.29, 0.717) is 11.4 Å². The highest BCUT2D eigenvalue weighted by molar-refractivity contribution is 5.98. The Hall–Kier alpha value is -1.75. The number of nitrogens with one attached hydrogen (secondary N) is 1. The number of amides is 1. The molecule has 1 aliphatic heterocycles. The quantitative estimate of drug-likeness (QED) is 0.847. The molecule has 1 aromatic carbocycles. The van der Waals surface area contributed by atoms with Crippen molar-refractivity contribution in [3.8, 4) is 5.75 Å². The molecule has 5 heteroatoms. The van der Waals surface area contributed by atoms with Crippen molar-refractivity contribution in [3.05, 3.63) is 18.2 Å². The Morgan fingerprint density at radius 2 is 2.22 bits per heavy atom. The van der Waals surface area contributed by atoms with Gasteiger partial charge in [0.1, 0.15) is 5.75 Å². The largest absolute Gasteiger partial charge is 0.482 e. The summed E-state index contributed by atoms with van der Waals surface area (Å²) in [5.74, 6) is 0.524. The summed E-state index contributed by atoms with van der Waals surface area (Å²) >= 11 is 0. The van der Waals surface area contributed by atoms with E-state index in [9.17, 15) is 9.90 Å². The molecular formula is C13H18N2O3.